The Labute approximate surface area is 129 Å². The minimum Gasteiger partial charge on any atom is -0.489 e. The van der Waals surface area contributed by atoms with Crippen LogP contribution < -0.4 is 15.4 Å². The lowest BCUT2D eigenvalue weighted by molar-refractivity contribution is -0.129. The molecule has 1 unspecified atom stereocenters. The highest BCUT2D eigenvalue weighted by atomic mass is 16.5. The highest BCUT2D eigenvalue weighted by Gasteiger charge is 2.24. The summed E-state index contributed by atoms with van der Waals surface area (Å²) >= 11 is 0. The van der Waals surface area contributed by atoms with Gasteiger partial charge in [-0.25, -0.2) is 0 Å². The summed E-state index contributed by atoms with van der Waals surface area (Å²) in [6.07, 6.45) is -0.438. The Morgan fingerprint density at radius 2 is 1.86 bits per heavy atom. The van der Waals surface area contributed by atoms with Crippen LogP contribution in [-0.2, 0) is 16.1 Å². The summed E-state index contributed by atoms with van der Waals surface area (Å²) in [7, 11) is 0. The van der Waals surface area contributed by atoms with E-state index in [0.717, 1.165) is 17.0 Å². The van der Waals surface area contributed by atoms with Crippen LogP contribution in [0.2, 0.25) is 0 Å². The van der Waals surface area contributed by atoms with Gasteiger partial charge in [0.25, 0.3) is 5.91 Å². The third kappa shape index (κ3) is 3.44. The fourth-order valence-electron chi connectivity index (χ4n) is 2.30. The molecule has 1 aliphatic rings. The molecular formula is C17H18N2O3. The minimum atomic E-state index is -0.438. The van der Waals surface area contributed by atoms with Gasteiger partial charge in [0.1, 0.15) is 25.2 Å². The number of nitrogens with two attached hydrogens (primary N) is 1. The largest absolute Gasteiger partial charge is 0.489 e. The van der Waals surface area contributed by atoms with Gasteiger partial charge in [0.05, 0.1) is 6.54 Å². The van der Waals surface area contributed by atoms with Crippen LogP contribution in [0, 0.1) is 0 Å². The molecule has 22 heavy (non-hydrogen) atoms. The van der Waals surface area contributed by atoms with Crippen LogP contribution in [0.4, 0.5) is 5.69 Å². The molecule has 1 amide bonds. The third-order valence-electron chi connectivity index (χ3n) is 3.48. The van der Waals surface area contributed by atoms with Gasteiger partial charge in [0, 0.05) is 5.69 Å². The van der Waals surface area contributed by atoms with Crippen LogP contribution in [0.3, 0.4) is 0 Å². The summed E-state index contributed by atoms with van der Waals surface area (Å²) in [6, 6.07) is 17.4. The molecule has 0 radical (unpaired) electrons. The molecule has 1 aliphatic heterocycles. The highest BCUT2D eigenvalue weighted by Crippen LogP contribution is 2.22. The Kier molecular flexibility index (Phi) is 4.37. The second-order valence-corrected chi connectivity index (χ2v) is 5.12. The molecule has 0 aliphatic carbocycles. The van der Waals surface area contributed by atoms with Crippen LogP contribution in [-0.4, -0.2) is 25.3 Å². The summed E-state index contributed by atoms with van der Waals surface area (Å²) in [5.41, 5.74) is 7.64. The van der Waals surface area contributed by atoms with E-state index in [1.165, 1.54) is 0 Å². The Morgan fingerprint density at radius 1 is 1.14 bits per heavy atom. The summed E-state index contributed by atoms with van der Waals surface area (Å²) in [5.74, 6) is 0.678. The van der Waals surface area contributed by atoms with Crippen molar-refractivity contribution in [2.24, 2.45) is 5.73 Å². The number of rotatable bonds is 4. The molecule has 1 heterocycles. The quantitative estimate of drug-likeness (QED) is 0.936. The number of anilines is 1. The Balaban J connectivity index is 1.64. The van der Waals surface area contributed by atoms with E-state index in [-0.39, 0.29) is 12.5 Å². The van der Waals surface area contributed by atoms with E-state index in [9.17, 15) is 4.79 Å². The van der Waals surface area contributed by atoms with Crippen LogP contribution in [0.15, 0.2) is 54.6 Å². The van der Waals surface area contributed by atoms with Crippen LogP contribution >= 0.6 is 0 Å². The van der Waals surface area contributed by atoms with E-state index in [1.54, 1.807) is 4.90 Å². The summed E-state index contributed by atoms with van der Waals surface area (Å²) in [4.78, 5) is 13.5. The maximum Gasteiger partial charge on any atom is 0.253 e. The first-order chi connectivity index (χ1) is 10.7. The summed E-state index contributed by atoms with van der Waals surface area (Å²) in [5, 5.41) is 0. The molecule has 2 aromatic rings. The van der Waals surface area contributed by atoms with Gasteiger partial charge in [0.2, 0.25) is 0 Å². The van der Waals surface area contributed by atoms with Crippen LogP contribution in [0.25, 0.3) is 0 Å². The van der Waals surface area contributed by atoms with E-state index in [1.807, 2.05) is 54.6 Å². The van der Waals surface area contributed by atoms with Crippen molar-refractivity contribution in [1.29, 1.82) is 0 Å². The average molecular weight is 298 g/mol. The van der Waals surface area contributed by atoms with E-state index >= 15 is 0 Å². The molecule has 2 N–H and O–H groups in total. The van der Waals surface area contributed by atoms with Crippen molar-refractivity contribution in [1.82, 2.24) is 0 Å². The fourth-order valence-corrected chi connectivity index (χ4v) is 2.30. The fraction of sp³-hybridized carbons (Fsp3) is 0.235. The first-order valence-electron chi connectivity index (χ1n) is 7.17. The van der Waals surface area contributed by atoms with Crippen molar-refractivity contribution in [3.05, 3.63) is 60.2 Å². The number of hydrogen-bond acceptors (Lipinski definition) is 4. The lowest BCUT2D eigenvalue weighted by atomic mass is 10.2. The van der Waals surface area contributed by atoms with E-state index in [4.69, 9.17) is 15.2 Å². The third-order valence-corrected chi connectivity index (χ3v) is 3.48. The van der Waals surface area contributed by atoms with Gasteiger partial charge in [0.15, 0.2) is 0 Å². The number of carbonyl (C=O) groups excluding carboxylic acids is 1. The van der Waals surface area contributed by atoms with Gasteiger partial charge in [-0.2, -0.15) is 0 Å². The van der Waals surface area contributed by atoms with Gasteiger partial charge < -0.3 is 20.1 Å². The monoisotopic (exact) mass is 298 g/mol. The van der Waals surface area contributed by atoms with Crippen molar-refractivity contribution >= 4 is 11.6 Å². The van der Waals surface area contributed by atoms with Gasteiger partial charge in [-0.3, -0.25) is 4.79 Å². The molecule has 2 aromatic carbocycles. The Bertz CT molecular complexity index is 628. The topological polar surface area (TPSA) is 64.8 Å². The average Bonchev–Trinajstić information content (AvgIpc) is 2.57. The van der Waals surface area contributed by atoms with Crippen LogP contribution in [0.5, 0.6) is 5.75 Å². The number of benzene rings is 2. The molecule has 3 rings (SSSR count). The molecule has 1 fully saturated rings. The smallest absolute Gasteiger partial charge is 0.253 e. The van der Waals surface area contributed by atoms with Gasteiger partial charge in [-0.15, -0.1) is 0 Å². The minimum absolute atomic E-state index is 0.0213. The first kappa shape index (κ1) is 14.6. The Hall–Kier alpha value is -2.37. The molecule has 114 valence electrons. The maximum atomic E-state index is 11.9. The standard InChI is InChI=1S/C17H18N2O3/c18-16-10-19(17(20)12-22-16)14-6-8-15(9-7-14)21-11-13-4-2-1-3-5-13/h1-9,16H,10-12,18H2. The lowest BCUT2D eigenvalue weighted by Crippen LogP contribution is -2.50. The SMILES string of the molecule is NC1CN(c2ccc(OCc3ccccc3)cc2)C(=O)CO1. The molecule has 5 nitrogen and oxygen atoms in total. The van der Waals surface area contributed by atoms with Crippen molar-refractivity contribution in [3.8, 4) is 5.75 Å². The number of nitrogens with zero attached hydrogens (tertiary/aromatic N) is 1. The van der Waals surface area contributed by atoms with Crippen molar-refractivity contribution in [2.45, 2.75) is 12.8 Å². The molecule has 5 heteroatoms. The van der Waals surface area contributed by atoms with Crippen molar-refractivity contribution in [3.63, 3.8) is 0 Å². The number of morpholine rings is 1. The number of hydrogen-bond donors (Lipinski definition) is 1. The molecule has 0 saturated carbocycles. The predicted octanol–water partition coefficient (Wildman–Crippen LogP) is 1.91. The zero-order valence-corrected chi connectivity index (χ0v) is 12.1. The second kappa shape index (κ2) is 6.60. The zero-order valence-electron chi connectivity index (χ0n) is 12.1. The van der Waals surface area contributed by atoms with Crippen molar-refractivity contribution in [2.75, 3.05) is 18.1 Å². The molecule has 1 saturated heterocycles. The normalized spacial score (nSPS) is 18.3. The van der Waals surface area contributed by atoms with Gasteiger partial charge in [-0.1, -0.05) is 30.3 Å². The zero-order chi connectivity index (χ0) is 15.4. The molecule has 0 aromatic heterocycles. The number of amides is 1. The maximum absolute atomic E-state index is 11.9. The molecule has 1 atom stereocenters. The molecular weight excluding hydrogens is 280 g/mol. The summed E-state index contributed by atoms with van der Waals surface area (Å²) < 4.78 is 10.8. The molecule has 0 spiro atoms. The predicted molar refractivity (Wildman–Crippen MR) is 83.5 cm³/mol. The summed E-state index contributed by atoms with van der Waals surface area (Å²) in [6.45, 7) is 0.901. The lowest BCUT2D eigenvalue weighted by Gasteiger charge is -2.30. The van der Waals surface area contributed by atoms with Gasteiger partial charge >= 0.3 is 0 Å². The first-order valence-corrected chi connectivity index (χ1v) is 7.17. The van der Waals surface area contributed by atoms with E-state index < -0.39 is 6.23 Å². The number of ether oxygens (including phenoxy) is 2. The van der Waals surface area contributed by atoms with E-state index in [0.29, 0.717) is 13.2 Å². The highest BCUT2D eigenvalue weighted by molar-refractivity contribution is 5.95. The van der Waals surface area contributed by atoms with Crippen LogP contribution in [0.1, 0.15) is 5.56 Å². The van der Waals surface area contributed by atoms with E-state index in [2.05, 4.69) is 0 Å². The van der Waals surface area contributed by atoms with Crippen molar-refractivity contribution < 1.29 is 14.3 Å². The number of carbonyl (C=O) groups is 1. The van der Waals surface area contributed by atoms with Gasteiger partial charge in [-0.05, 0) is 29.8 Å². The second-order valence-electron chi connectivity index (χ2n) is 5.12. The Morgan fingerprint density at radius 3 is 2.59 bits per heavy atom. The molecule has 0 bridgehead atoms.